The monoisotopic (exact) mass is 283 g/mol. The van der Waals surface area contributed by atoms with E-state index in [1.807, 2.05) is 30.3 Å². The second kappa shape index (κ2) is 4.35. The third-order valence-electron chi connectivity index (χ3n) is 4.35. The topological polar surface area (TPSA) is 20.3 Å². The summed E-state index contributed by atoms with van der Waals surface area (Å²) in [6.07, 6.45) is 1.54. The summed E-state index contributed by atoms with van der Waals surface area (Å²) in [5.41, 5.74) is 4.48. The first-order chi connectivity index (χ1) is 9.74. The number of halogens is 1. The van der Waals surface area contributed by atoms with Crippen LogP contribution >= 0.6 is 11.6 Å². The minimum atomic E-state index is 0.165. The van der Waals surface area contributed by atoms with Crippen LogP contribution in [-0.4, -0.2) is 12.3 Å². The van der Waals surface area contributed by atoms with E-state index in [1.165, 1.54) is 11.1 Å². The maximum absolute atomic E-state index is 12.4. The molecule has 2 aliphatic heterocycles. The van der Waals surface area contributed by atoms with Gasteiger partial charge in [-0.25, -0.2) is 0 Å². The molecule has 2 nitrogen and oxygen atoms in total. The van der Waals surface area contributed by atoms with E-state index in [4.69, 9.17) is 11.6 Å². The molecule has 0 saturated carbocycles. The summed E-state index contributed by atoms with van der Waals surface area (Å²) in [6.45, 7) is 0.947. The lowest BCUT2D eigenvalue weighted by Crippen LogP contribution is -2.40. The number of rotatable bonds is 0. The maximum Gasteiger partial charge on any atom is 0.167 e. The molecule has 100 valence electrons. The van der Waals surface area contributed by atoms with Crippen molar-refractivity contribution in [2.24, 2.45) is 0 Å². The number of ketones is 1. The van der Waals surface area contributed by atoms with Crippen LogP contribution in [-0.2, 0) is 6.42 Å². The number of hydrogen-bond acceptors (Lipinski definition) is 2. The predicted octanol–water partition coefficient (Wildman–Crippen LogP) is 4.03. The van der Waals surface area contributed by atoms with Crippen LogP contribution < -0.4 is 4.90 Å². The third-order valence-corrected chi connectivity index (χ3v) is 4.59. The molecule has 2 aromatic rings. The van der Waals surface area contributed by atoms with E-state index in [1.54, 1.807) is 0 Å². The molecule has 0 spiro atoms. The van der Waals surface area contributed by atoms with Gasteiger partial charge in [0, 0.05) is 29.2 Å². The van der Waals surface area contributed by atoms with Gasteiger partial charge in [0.05, 0.1) is 6.04 Å². The molecule has 0 aromatic heterocycles. The summed E-state index contributed by atoms with van der Waals surface area (Å²) in [6, 6.07) is 14.1. The van der Waals surface area contributed by atoms with Gasteiger partial charge in [0.2, 0.25) is 0 Å². The highest BCUT2D eigenvalue weighted by molar-refractivity contribution is 6.30. The molecule has 0 N–H and O–H groups in total. The van der Waals surface area contributed by atoms with E-state index in [0.717, 1.165) is 29.2 Å². The van der Waals surface area contributed by atoms with Crippen LogP contribution in [0.15, 0.2) is 42.5 Å². The molecule has 0 saturated heterocycles. The summed E-state index contributed by atoms with van der Waals surface area (Å²) in [4.78, 5) is 14.7. The number of hydrogen-bond donors (Lipinski definition) is 0. The molecular weight excluding hydrogens is 270 g/mol. The quantitative estimate of drug-likeness (QED) is 0.727. The van der Waals surface area contributed by atoms with Gasteiger partial charge >= 0.3 is 0 Å². The molecule has 3 heteroatoms. The van der Waals surface area contributed by atoms with E-state index >= 15 is 0 Å². The van der Waals surface area contributed by atoms with Crippen molar-refractivity contribution in [2.45, 2.75) is 18.9 Å². The van der Waals surface area contributed by atoms with Gasteiger partial charge in [-0.05, 0) is 41.8 Å². The number of benzene rings is 2. The summed E-state index contributed by atoms with van der Waals surface area (Å²) in [5, 5.41) is 0.778. The van der Waals surface area contributed by atoms with E-state index in [2.05, 4.69) is 17.0 Å². The van der Waals surface area contributed by atoms with Crippen molar-refractivity contribution >= 4 is 23.1 Å². The molecule has 0 aliphatic carbocycles. The van der Waals surface area contributed by atoms with Gasteiger partial charge in [0.25, 0.3) is 0 Å². The molecule has 0 bridgehead atoms. The van der Waals surface area contributed by atoms with Crippen LogP contribution in [0.3, 0.4) is 0 Å². The van der Waals surface area contributed by atoms with Crippen LogP contribution in [0.2, 0.25) is 5.02 Å². The zero-order valence-corrected chi connectivity index (χ0v) is 11.7. The van der Waals surface area contributed by atoms with Gasteiger partial charge in [0.1, 0.15) is 0 Å². The Morgan fingerprint density at radius 3 is 2.90 bits per heavy atom. The number of nitrogens with zero attached hydrogens (tertiary/aromatic N) is 1. The average Bonchev–Trinajstić information content (AvgIpc) is 2.47. The molecule has 1 atom stereocenters. The first-order valence-electron chi connectivity index (χ1n) is 6.91. The Hall–Kier alpha value is -1.80. The minimum Gasteiger partial charge on any atom is -0.363 e. The fraction of sp³-hybridized carbons (Fsp3) is 0.235. The minimum absolute atomic E-state index is 0.165. The van der Waals surface area contributed by atoms with E-state index in [-0.39, 0.29) is 11.8 Å². The standard InChI is InChI=1S/C17H14ClNO/c18-12-5-6-13-11(9-12)7-8-19-15-4-2-1-3-14(15)17(20)10-16(13)19/h1-6,9,16H,7-8,10H2. The first-order valence-corrected chi connectivity index (χ1v) is 7.29. The van der Waals surface area contributed by atoms with Crippen LogP contribution in [0.25, 0.3) is 0 Å². The lowest BCUT2D eigenvalue weighted by molar-refractivity contribution is 0.0965. The summed E-state index contributed by atoms with van der Waals surface area (Å²) in [5.74, 6) is 0.240. The van der Waals surface area contributed by atoms with Crippen molar-refractivity contribution in [3.8, 4) is 0 Å². The largest absolute Gasteiger partial charge is 0.363 e. The van der Waals surface area contributed by atoms with Crippen molar-refractivity contribution in [1.29, 1.82) is 0 Å². The molecule has 2 aliphatic rings. The van der Waals surface area contributed by atoms with Crippen molar-refractivity contribution in [2.75, 3.05) is 11.4 Å². The van der Waals surface area contributed by atoms with E-state index < -0.39 is 0 Å². The number of carbonyl (C=O) groups excluding carboxylic acids is 1. The van der Waals surface area contributed by atoms with Gasteiger partial charge in [-0.15, -0.1) is 0 Å². The zero-order chi connectivity index (χ0) is 13.7. The molecule has 4 rings (SSSR count). The maximum atomic E-state index is 12.4. The highest BCUT2D eigenvalue weighted by atomic mass is 35.5. The fourth-order valence-corrected chi connectivity index (χ4v) is 3.63. The van der Waals surface area contributed by atoms with Crippen molar-refractivity contribution < 1.29 is 4.79 Å². The Labute approximate surface area is 123 Å². The van der Waals surface area contributed by atoms with E-state index in [9.17, 15) is 4.79 Å². The summed E-state index contributed by atoms with van der Waals surface area (Å²) < 4.78 is 0. The highest BCUT2D eigenvalue weighted by Gasteiger charge is 2.35. The Bertz CT molecular complexity index is 710. The van der Waals surface area contributed by atoms with Crippen LogP contribution in [0.1, 0.15) is 33.9 Å². The number of anilines is 1. The van der Waals surface area contributed by atoms with Gasteiger partial charge in [-0.2, -0.15) is 0 Å². The van der Waals surface area contributed by atoms with Gasteiger partial charge in [-0.1, -0.05) is 29.8 Å². The zero-order valence-electron chi connectivity index (χ0n) is 11.0. The Morgan fingerprint density at radius 1 is 1.15 bits per heavy atom. The molecule has 0 fully saturated rings. The third kappa shape index (κ3) is 1.68. The van der Waals surface area contributed by atoms with E-state index in [0.29, 0.717) is 6.42 Å². The highest BCUT2D eigenvalue weighted by Crippen LogP contribution is 2.42. The number of fused-ring (bicyclic) bond motifs is 5. The molecule has 0 radical (unpaired) electrons. The normalized spacial score (nSPS) is 20.1. The number of carbonyl (C=O) groups is 1. The number of Topliss-reactive ketones (excluding diaryl/α,β-unsaturated/α-hetero) is 1. The summed E-state index contributed by atoms with van der Waals surface area (Å²) in [7, 11) is 0. The lowest BCUT2D eigenvalue weighted by atomic mass is 9.84. The van der Waals surface area contributed by atoms with Gasteiger partial charge < -0.3 is 4.90 Å². The SMILES string of the molecule is O=C1CC2c3ccc(Cl)cc3CCN2c2ccccc21. The Balaban J connectivity index is 1.86. The van der Waals surface area contributed by atoms with Crippen LogP contribution in [0, 0.1) is 0 Å². The Morgan fingerprint density at radius 2 is 2.00 bits per heavy atom. The molecular formula is C17H14ClNO. The second-order valence-corrected chi connectivity index (χ2v) is 5.88. The smallest absolute Gasteiger partial charge is 0.167 e. The molecule has 20 heavy (non-hydrogen) atoms. The van der Waals surface area contributed by atoms with Crippen LogP contribution in [0.4, 0.5) is 5.69 Å². The average molecular weight is 284 g/mol. The van der Waals surface area contributed by atoms with Crippen molar-refractivity contribution in [1.82, 2.24) is 0 Å². The second-order valence-electron chi connectivity index (χ2n) is 5.45. The lowest BCUT2D eigenvalue weighted by Gasteiger charge is -2.42. The first kappa shape index (κ1) is 12.0. The molecule has 0 amide bonds. The fourth-order valence-electron chi connectivity index (χ4n) is 3.43. The molecule has 1 unspecified atom stereocenters. The van der Waals surface area contributed by atoms with Crippen molar-refractivity contribution in [3.05, 3.63) is 64.2 Å². The Kier molecular flexibility index (Phi) is 2.61. The molecule has 2 aromatic carbocycles. The van der Waals surface area contributed by atoms with Gasteiger partial charge in [-0.3, -0.25) is 4.79 Å². The number of para-hydroxylation sites is 1. The predicted molar refractivity (Wildman–Crippen MR) is 80.6 cm³/mol. The molecule has 2 heterocycles. The van der Waals surface area contributed by atoms with Crippen LogP contribution in [0.5, 0.6) is 0 Å². The summed E-state index contributed by atoms with van der Waals surface area (Å²) >= 11 is 6.08. The van der Waals surface area contributed by atoms with Crippen molar-refractivity contribution in [3.63, 3.8) is 0 Å². The van der Waals surface area contributed by atoms with Gasteiger partial charge in [0.15, 0.2) is 5.78 Å².